The first-order valence-corrected chi connectivity index (χ1v) is 2.74. The zero-order chi connectivity index (χ0) is 8.98. The lowest BCUT2D eigenvalue weighted by Crippen LogP contribution is -2.73. The molecule has 0 unspecified atom stereocenters. The van der Waals surface area contributed by atoms with Gasteiger partial charge in [-0.1, -0.05) is 0 Å². The van der Waals surface area contributed by atoms with Crippen LogP contribution in [-0.2, 0) is 18.9 Å². The van der Waals surface area contributed by atoms with Crippen molar-refractivity contribution in [2.45, 2.75) is 11.9 Å². The molecule has 0 amide bonds. The van der Waals surface area contributed by atoms with E-state index in [1.807, 2.05) is 0 Å². The van der Waals surface area contributed by atoms with Crippen LogP contribution in [0.15, 0.2) is 0 Å². The van der Waals surface area contributed by atoms with E-state index in [4.69, 9.17) is 10.2 Å². The minimum atomic E-state index is -2.75. The van der Waals surface area contributed by atoms with Gasteiger partial charge in [-0.05, 0) is 0 Å². The van der Waals surface area contributed by atoms with Gasteiger partial charge >= 0.3 is 24.3 Å². The molecule has 0 aliphatic carbocycles. The lowest BCUT2D eigenvalue weighted by atomic mass is 10.4. The molecule has 0 aromatic heterocycles. The lowest BCUT2D eigenvalue weighted by Gasteiger charge is -2.44. The first-order chi connectivity index (χ1) is 5.45. The highest BCUT2D eigenvalue weighted by atomic mass is 17.1. The van der Waals surface area contributed by atoms with Crippen LogP contribution in [0, 0.1) is 0 Å². The summed E-state index contributed by atoms with van der Waals surface area (Å²) in [5.74, 6) is -5.50. The van der Waals surface area contributed by atoms with Crippen LogP contribution in [0.2, 0.25) is 0 Å². The van der Waals surface area contributed by atoms with Crippen molar-refractivity contribution in [3.63, 3.8) is 0 Å². The van der Waals surface area contributed by atoms with E-state index in [2.05, 4.69) is 18.9 Å². The highest BCUT2D eigenvalue weighted by Crippen LogP contribution is 2.40. The fourth-order valence-corrected chi connectivity index (χ4v) is 0.725. The molecule has 2 rings (SSSR count). The van der Waals surface area contributed by atoms with Gasteiger partial charge in [0.25, 0.3) is 0 Å². The molecule has 2 saturated heterocycles. The average molecular weight is 178 g/mol. The molecule has 2 aliphatic rings. The Hall–Kier alpha value is -1.54. The third-order valence-corrected chi connectivity index (χ3v) is 1.29. The van der Waals surface area contributed by atoms with Gasteiger partial charge in [0.2, 0.25) is 0 Å². The predicted molar refractivity (Wildman–Crippen MR) is 25.0 cm³/mol. The number of cyclic esters (lactones) is 4. The zero-order valence-corrected chi connectivity index (χ0v) is 5.34. The molecule has 2 N–H and O–H groups in total. The summed E-state index contributed by atoms with van der Waals surface area (Å²) in [7, 11) is 0. The number of hydrogen-bond donors (Lipinski definition) is 2. The Morgan fingerprint density at radius 2 is 1.08 bits per heavy atom. The van der Waals surface area contributed by atoms with Crippen molar-refractivity contribution in [3.05, 3.63) is 0 Å². The fourth-order valence-electron chi connectivity index (χ4n) is 0.725. The Morgan fingerprint density at radius 3 is 1.25 bits per heavy atom. The topological polar surface area (TPSA) is 112 Å². The Balaban J connectivity index is 2.10. The number of rotatable bonds is 1. The summed E-state index contributed by atoms with van der Waals surface area (Å²) in [6.45, 7) is 0. The van der Waals surface area contributed by atoms with Crippen molar-refractivity contribution in [3.8, 4) is 0 Å². The van der Waals surface area contributed by atoms with E-state index in [-0.39, 0.29) is 0 Å². The summed E-state index contributed by atoms with van der Waals surface area (Å²) in [5, 5.41) is 17.9. The van der Waals surface area contributed by atoms with E-state index in [1.54, 1.807) is 0 Å². The molecule has 8 nitrogen and oxygen atoms in total. The van der Waals surface area contributed by atoms with E-state index in [1.165, 1.54) is 0 Å². The van der Waals surface area contributed by atoms with Crippen molar-refractivity contribution in [2.75, 3.05) is 0 Å². The van der Waals surface area contributed by atoms with E-state index >= 15 is 0 Å². The van der Waals surface area contributed by atoms with Gasteiger partial charge in [0.15, 0.2) is 0 Å². The van der Waals surface area contributed by atoms with Gasteiger partial charge in [0.1, 0.15) is 0 Å². The number of carbonyl (C=O) groups is 2. The van der Waals surface area contributed by atoms with Crippen molar-refractivity contribution in [1.82, 2.24) is 0 Å². The molecule has 0 spiro atoms. The maximum absolute atomic E-state index is 10.1. The van der Waals surface area contributed by atoms with E-state index < -0.39 is 24.3 Å². The normalized spacial score (nSPS) is 28.2. The molecule has 12 heavy (non-hydrogen) atoms. The SMILES string of the molecule is O=C1OC(O)(C2(O)OC(=O)O2)O1. The molecule has 0 aromatic carbocycles. The monoisotopic (exact) mass is 178 g/mol. The minimum Gasteiger partial charge on any atom is -0.357 e. The van der Waals surface area contributed by atoms with E-state index in [9.17, 15) is 9.59 Å². The second-order valence-electron chi connectivity index (χ2n) is 2.07. The van der Waals surface area contributed by atoms with Crippen LogP contribution in [-0.4, -0.2) is 34.5 Å². The number of carbonyl (C=O) groups excluding carboxylic acids is 2. The molecule has 8 heteroatoms. The number of ether oxygens (including phenoxy) is 4. The molecule has 0 bridgehead atoms. The van der Waals surface area contributed by atoms with Crippen molar-refractivity contribution in [1.29, 1.82) is 0 Å². The second kappa shape index (κ2) is 1.62. The van der Waals surface area contributed by atoms with Gasteiger partial charge in [-0.3, -0.25) is 0 Å². The first-order valence-electron chi connectivity index (χ1n) is 2.74. The largest absolute Gasteiger partial charge is 0.519 e. The molecule has 0 saturated carbocycles. The Kier molecular flexibility index (Phi) is 0.961. The molecule has 0 aromatic rings. The van der Waals surface area contributed by atoms with Gasteiger partial charge in [-0.25, -0.2) is 9.59 Å². The summed E-state index contributed by atoms with van der Waals surface area (Å²) in [6, 6.07) is 0. The van der Waals surface area contributed by atoms with Gasteiger partial charge in [0, 0.05) is 0 Å². The third kappa shape index (κ3) is 0.624. The van der Waals surface area contributed by atoms with Crippen molar-refractivity contribution < 1.29 is 38.7 Å². The minimum absolute atomic E-state index is 1.21. The Bertz CT molecular complexity index is 224. The van der Waals surface area contributed by atoms with Crippen LogP contribution in [0.25, 0.3) is 0 Å². The zero-order valence-electron chi connectivity index (χ0n) is 5.34. The summed E-state index contributed by atoms with van der Waals surface area (Å²) >= 11 is 0. The molecule has 2 heterocycles. The lowest BCUT2D eigenvalue weighted by molar-refractivity contribution is -0.570. The van der Waals surface area contributed by atoms with Gasteiger partial charge in [-0.15, -0.1) is 0 Å². The quantitative estimate of drug-likeness (QED) is 0.472. The van der Waals surface area contributed by atoms with Gasteiger partial charge in [0.05, 0.1) is 0 Å². The van der Waals surface area contributed by atoms with E-state index in [0.29, 0.717) is 0 Å². The summed E-state index contributed by atoms with van der Waals surface area (Å²) < 4.78 is 15.7. The van der Waals surface area contributed by atoms with Crippen LogP contribution in [0.1, 0.15) is 0 Å². The van der Waals surface area contributed by atoms with Crippen molar-refractivity contribution in [2.24, 2.45) is 0 Å². The molecular formula is C4H2O8. The second-order valence-corrected chi connectivity index (χ2v) is 2.07. The predicted octanol–water partition coefficient (Wildman–Crippen LogP) is -1.39. The van der Waals surface area contributed by atoms with Gasteiger partial charge < -0.3 is 29.2 Å². The molecule has 0 radical (unpaired) electrons. The van der Waals surface area contributed by atoms with Gasteiger partial charge in [-0.2, -0.15) is 0 Å². The average Bonchev–Trinajstić information content (AvgIpc) is 1.81. The van der Waals surface area contributed by atoms with Crippen LogP contribution >= 0.6 is 0 Å². The Morgan fingerprint density at radius 1 is 0.833 bits per heavy atom. The molecule has 0 atom stereocenters. The highest BCUT2D eigenvalue weighted by molar-refractivity contribution is 5.69. The summed E-state index contributed by atoms with van der Waals surface area (Å²) in [5.41, 5.74) is 0. The molecular weight excluding hydrogens is 176 g/mol. The number of hydrogen-bond acceptors (Lipinski definition) is 8. The van der Waals surface area contributed by atoms with Crippen molar-refractivity contribution >= 4 is 12.3 Å². The Labute approximate surface area is 64.2 Å². The molecule has 66 valence electrons. The molecule has 2 fully saturated rings. The summed E-state index contributed by atoms with van der Waals surface area (Å²) in [4.78, 5) is 20.1. The highest BCUT2D eigenvalue weighted by Gasteiger charge is 2.76. The standard InChI is InChI=1S/C4H2O8/c5-1-9-3(7,10-1)4(8)11-2(6)12-4/h7-8H. The summed E-state index contributed by atoms with van der Waals surface area (Å²) in [6.07, 6.45) is -2.42. The van der Waals surface area contributed by atoms with E-state index in [0.717, 1.165) is 0 Å². The fraction of sp³-hybridized carbons (Fsp3) is 0.500. The van der Waals surface area contributed by atoms with Crippen LogP contribution in [0.3, 0.4) is 0 Å². The van der Waals surface area contributed by atoms with Crippen LogP contribution in [0.5, 0.6) is 0 Å². The maximum Gasteiger partial charge on any atom is 0.519 e. The smallest absolute Gasteiger partial charge is 0.357 e. The third-order valence-electron chi connectivity index (χ3n) is 1.29. The van der Waals surface area contributed by atoms with Crippen LogP contribution < -0.4 is 0 Å². The number of aliphatic hydroxyl groups is 2. The molecule has 2 aliphatic heterocycles. The maximum atomic E-state index is 10.1. The van der Waals surface area contributed by atoms with Crippen LogP contribution in [0.4, 0.5) is 9.59 Å². The first kappa shape index (κ1) is 7.13.